The third kappa shape index (κ3) is 1.91. The molecule has 6 nitrogen and oxygen atoms in total. The summed E-state index contributed by atoms with van der Waals surface area (Å²) < 4.78 is 5.65. The van der Waals surface area contributed by atoms with Crippen LogP contribution in [0.1, 0.15) is 0 Å². The molecule has 1 aromatic carbocycles. The van der Waals surface area contributed by atoms with Crippen molar-refractivity contribution in [2.24, 2.45) is 0 Å². The summed E-state index contributed by atoms with van der Waals surface area (Å²) in [7, 11) is 0. The van der Waals surface area contributed by atoms with Crippen LogP contribution in [0.3, 0.4) is 0 Å². The first kappa shape index (κ1) is 11.7. The molecule has 0 aliphatic rings. The van der Waals surface area contributed by atoms with Gasteiger partial charge in [0.05, 0.1) is 6.33 Å². The molecule has 0 bridgehead atoms. The zero-order valence-electron chi connectivity index (χ0n) is 9.87. The number of nitrogens with one attached hydrogen (secondary N) is 1. The van der Waals surface area contributed by atoms with Gasteiger partial charge in [0.1, 0.15) is 16.1 Å². The Hall–Kier alpha value is -2.12. The van der Waals surface area contributed by atoms with Crippen molar-refractivity contribution < 1.29 is 4.42 Å². The van der Waals surface area contributed by atoms with E-state index in [0.29, 0.717) is 21.4 Å². The Morgan fingerprint density at radius 2 is 2.05 bits per heavy atom. The fourth-order valence-corrected chi connectivity index (χ4v) is 2.87. The number of oxazole rings is 1. The SMILES string of the molecule is Clc1nc(Sc2nc3ccccc3o2)c2[nH]cnc2n1. The fraction of sp³-hybridized carbons (Fsp3) is 0. The molecule has 0 aliphatic carbocycles. The summed E-state index contributed by atoms with van der Waals surface area (Å²) in [4.78, 5) is 19.7. The molecular formula is C12H6ClN5OS. The summed E-state index contributed by atoms with van der Waals surface area (Å²) in [6.45, 7) is 0. The summed E-state index contributed by atoms with van der Waals surface area (Å²) in [5.74, 6) is 0. The molecule has 0 fully saturated rings. The smallest absolute Gasteiger partial charge is 0.263 e. The maximum absolute atomic E-state index is 5.89. The Morgan fingerprint density at radius 3 is 2.95 bits per heavy atom. The molecular weight excluding hydrogens is 298 g/mol. The number of hydrogen-bond acceptors (Lipinski definition) is 6. The van der Waals surface area contributed by atoms with Crippen molar-refractivity contribution in [2.45, 2.75) is 10.2 Å². The minimum Gasteiger partial charge on any atom is -0.431 e. The topological polar surface area (TPSA) is 80.5 Å². The second-order valence-corrected chi connectivity index (χ2v) is 5.23. The second-order valence-electron chi connectivity index (χ2n) is 3.95. The number of para-hydroxylation sites is 2. The number of H-pyrrole nitrogens is 1. The van der Waals surface area contributed by atoms with Crippen molar-refractivity contribution in [2.75, 3.05) is 0 Å². The Kier molecular flexibility index (Phi) is 2.61. The van der Waals surface area contributed by atoms with Gasteiger partial charge in [-0.2, -0.15) is 4.98 Å². The molecule has 0 unspecified atom stereocenters. The van der Waals surface area contributed by atoms with Crippen molar-refractivity contribution in [3.05, 3.63) is 35.9 Å². The zero-order chi connectivity index (χ0) is 13.5. The highest BCUT2D eigenvalue weighted by Crippen LogP contribution is 2.32. The van der Waals surface area contributed by atoms with Crippen molar-refractivity contribution in [3.8, 4) is 0 Å². The van der Waals surface area contributed by atoms with Gasteiger partial charge in [0.25, 0.3) is 5.22 Å². The summed E-state index contributed by atoms with van der Waals surface area (Å²) >= 11 is 7.16. The van der Waals surface area contributed by atoms with E-state index in [-0.39, 0.29) is 5.28 Å². The van der Waals surface area contributed by atoms with E-state index in [0.717, 1.165) is 11.1 Å². The lowest BCUT2D eigenvalue weighted by Gasteiger charge is -1.98. The lowest BCUT2D eigenvalue weighted by atomic mass is 10.3. The first-order valence-electron chi connectivity index (χ1n) is 5.69. The van der Waals surface area contributed by atoms with Crippen molar-refractivity contribution in [1.29, 1.82) is 0 Å². The van der Waals surface area contributed by atoms with Crippen LogP contribution in [0.5, 0.6) is 0 Å². The maximum Gasteiger partial charge on any atom is 0.263 e. The van der Waals surface area contributed by atoms with E-state index >= 15 is 0 Å². The van der Waals surface area contributed by atoms with Gasteiger partial charge in [0.15, 0.2) is 11.2 Å². The van der Waals surface area contributed by atoms with Crippen molar-refractivity contribution in [3.63, 3.8) is 0 Å². The van der Waals surface area contributed by atoms with Crippen LogP contribution in [0, 0.1) is 0 Å². The molecule has 0 saturated heterocycles. The van der Waals surface area contributed by atoms with E-state index in [4.69, 9.17) is 16.0 Å². The number of imidazole rings is 1. The van der Waals surface area contributed by atoms with Crippen LogP contribution in [0.2, 0.25) is 5.28 Å². The molecule has 8 heteroatoms. The van der Waals surface area contributed by atoms with E-state index < -0.39 is 0 Å². The molecule has 0 saturated carbocycles. The molecule has 3 aromatic heterocycles. The van der Waals surface area contributed by atoms with Gasteiger partial charge in [-0.25, -0.2) is 15.0 Å². The quantitative estimate of drug-likeness (QED) is 0.452. The fourth-order valence-electron chi connectivity index (χ4n) is 1.83. The standard InChI is InChI=1S/C12H6ClN5OS/c13-11-17-9-8(14-5-15-9)10(18-11)20-12-16-6-3-1-2-4-7(6)19-12/h1-5H,(H,14,15,17,18). The van der Waals surface area contributed by atoms with Gasteiger partial charge in [-0.1, -0.05) is 12.1 Å². The molecule has 4 aromatic rings. The highest BCUT2D eigenvalue weighted by Gasteiger charge is 2.14. The molecule has 0 aliphatic heterocycles. The predicted molar refractivity (Wildman–Crippen MR) is 74.8 cm³/mol. The van der Waals surface area contributed by atoms with Crippen molar-refractivity contribution >= 4 is 45.6 Å². The van der Waals surface area contributed by atoms with Gasteiger partial charge in [-0.3, -0.25) is 0 Å². The van der Waals surface area contributed by atoms with E-state index in [1.54, 1.807) is 6.33 Å². The number of aromatic nitrogens is 5. The first-order valence-corrected chi connectivity index (χ1v) is 6.89. The van der Waals surface area contributed by atoms with Crippen LogP contribution in [-0.4, -0.2) is 24.9 Å². The average Bonchev–Trinajstić information content (AvgIpc) is 3.03. The molecule has 3 heterocycles. The molecule has 1 N–H and O–H groups in total. The minimum absolute atomic E-state index is 0.142. The van der Waals surface area contributed by atoms with Gasteiger partial charge in [-0.05, 0) is 35.5 Å². The molecule has 20 heavy (non-hydrogen) atoms. The third-order valence-electron chi connectivity index (χ3n) is 2.68. The Morgan fingerprint density at radius 1 is 1.15 bits per heavy atom. The first-order chi connectivity index (χ1) is 9.79. The van der Waals surface area contributed by atoms with E-state index in [2.05, 4.69) is 24.9 Å². The van der Waals surface area contributed by atoms with Crippen LogP contribution < -0.4 is 0 Å². The van der Waals surface area contributed by atoms with Gasteiger partial charge in [-0.15, -0.1) is 0 Å². The third-order valence-corrected chi connectivity index (χ3v) is 3.69. The minimum atomic E-state index is 0.142. The van der Waals surface area contributed by atoms with Crippen LogP contribution in [0.4, 0.5) is 0 Å². The maximum atomic E-state index is 5.89. The lowest BCUT2D eigenvalue weighted by Crippen LogP contribution is -1.88. The number of fused-ring (bicyclic) bond motifs is 2. The zero-order valence-corrected chi connectivity index (χ0v) is 11.4. The lowest BCUT2D eigenvalue weighted by molar-refractivity contribution is 0.489. The number of nitrogens with zero attached hydrogens (tertiary/aromatic N) is 4. The highest BCUT2D eigenvalue weighted by molar-refractivity contribution is 7.99. The average molecular weight is 304 g/mol. The molecule has 0 spiro atoms. The molecule has 0 radical (unpaired) electrons. The molecule has 0 amide bonds. The number of rotatable bonds is 2. The number of hydrogen-bond donors (Lipinski definition) is 1. The predicted octanol–water partition coefficient (Wildman–Crippen LogP) is 3.30. The van der Waals surface area contributed by atoms with E-state index in [1.807, 2.05) is 24.3 Å². The Labute approximate surface area is 121 Å². The Balaban J connectivity index is 1.81. The monoisotopic (exact) mass is 303 g/mol. The molecule has 0 atom stereocenters. The normalized spacial score (nSPS) is 11.4. The van der Waals surface area contributed by atoms with E-state index in [9.17, 15) is 0 Å². The van der Waals surface area contributed by atoms with Crippen molar-refractivity contribution in [1.82, 2.24) is 24.9 Å². The second kappa shape index (κ2) is 4.46. The summed E-state index contributed by atoms with van der Waals surface area (Å²) in [5, 5.41) is 1.27. The largest absolute Gasteiger partial charge is 0.431 e. The van der Waals surface area contributed by atoms with Gasteiger partial charge >= 0.3 is 0 Å². The van der Waals surface area contributed by atoms with Crippen LogP contribution in [0.25, 0.3) is 22.3 Å². The summed E-state index contributed by atoms with van der Waals surface area (Å²) in [5.41, 5.74) is 2.76. The molecule has 98 valence electrons. The highest BCUT2D eigenvalue weighted by atomic mass is 35.5. The number of aromatic amines is 1. The van der Waals surface area contributed by atoms with Crippen LogP contribution in [0.15, 0.2) is 45.3 Å². The van der Waals surface area contributed by atoms with E-state index in [1.165, 1.54) is 11.8 Å². The summed E-state index contributed by atoms with van der Waals surface area (Å²) in [6.07, 6.45) is 1.55. The van der Waals surface area contributed by atoms with Gasteiger partial charge in [0, 0.05) is 0 Å². The Bertz CT molecular complexity index is 885. The number of halogens is 1. The molecule has 4 rings (SSSR count). The van der Waals surface area contributed by atoms with Crippen LogP contribution >= 0.6 is 23.4 Å². The number of benzene rings is 1. The van der Waals surface area contributed by atoms with Gasteiger partial charge in [0.2, 0.25) is 5.28 Å². The van der Waals surface area contributed by atoms with Gasteiger partial charge < -0.3 is 9.40 Å². The van der Waals surface area contributed by atoms with Crippen LogP contribution in [-0.2, 0) is 0 Å². The summed E-state index contributed by atoms with van der Waals surface area (Å²) in [6, 6.07) is 7.57.